The number of rotatable bonds is 6. The molecule has 3 rings (SSSR count). The van der Waals surface area contributed by atoms with Gasteiger partial charge in [0.25, 0.3) is 0 Å². The van der Waals surface area contributed by atoms with Crippen LogP contribution in [-0.4, -0.2) is 36.4 Å². The Labute approximate surface area is 259 Å². The van der Waals surface area contributed by atoms with Gasteiger partial charge >= 0.3 is 0 Å². The molecular weight excluding hydrogens is 522 g/mol. The number of nitrogens with two attached hydrogens (primary N) is 2. The first-order valence-corrected chi connectivity index (χ1v) is 14.7. The minimum Gasteiger partial charge on any atom is -0.399 e. The van der Waals surface area contributed by atoms with Crippen LogP contribution in [-0.2, 0) is 19.9 Å². The maximum Gasteiger partial charge on any atom is 0.240 e. The molecule has 0 unspecified atom stereocenters. The second-order valence-electron chi connectivity index (χ2n) is 10.7. The molecule has 2 aromatic rings. The van der Waals surface area contributed by atoms with Crippen molar-refractivity contribution in [1.29, 1.82) is 0 Å². The number of ether oxygens (including phenoxy) is 1. The second kappa shape index (κ2) is 21.1. The number of hydrogen-bond donors (Lipinski definition) is 2. The highest BCUT2D eigenvalue weighted by Crippen LogP contribution is 2.40. The molecule has 238 valence electrons. The van der Waals surface area contributed by atoms with E-state index in [1.807, 2.05) is 84.0 Å². The number of carbonyl (C=O) groups is 2. The van der Waals surface area contributed by atoms with Crippen LogP contribution in [0.1, 0.15) is 83.1 Å². The topological polar surface area (TPSA) is 98.7 Å². The van der Waals surface area contributed by atoms with Crippen LogP contribution in [0.4, 0.5) is 0 Å². The number of benzene rings is 2. The molecular formula is C36H61N3O3. The quantitative estimate of drug-likeness (QED) is 0.263. The Hall–Kier alpha value is -3.64. The molecule has 6 heteroatoms. The molecule has 0 aromatic heterocycles. The van der Waals surface area contributed by atoms with E-state index in [4.69, 9.17) is 16.2 Å². The van der Waals surface area contributed by atoms with Gasteiger partial charge in [0.1, 0.15) is 11.6 Å². The van der Waals surface area contributed by atoms with Crippen molar-refractivity contribution in [3.05, 3.63) is 97.7 Å². The largest absolute Gasteiger partial charge is 0.399 e. The van der Waals surface area contributed by atoms with Gasteiger partial charge < -0.3 is 21.1 Å². The summed E-state index contributed by atoms with van der Waals surface area (Å²) in [7, 11) is 1.63. The third-order valence-electron chi connectivity index (χ3n) is 6.13. The van der Waals surface area contributed by atoms with Gasteiger partial charge in [-0.05, 0) is 35.1 Å². The van der Waals surface area contributed by atoms with Gasteiger partial charge in [0.2, 0.25) is 11.8 Å². The van der Waals surface area contributed by atoms with Crippen molar-refractivity contribution in [2.45, 2.75) is 86.3 Å². The molecule has 0 bridgehead atoms. The molecule has 42 heavy (non-hydrogen) atoms. The van der Waals surface area contributed by atoms with Crippen molar-refractivity contribution in [3.8, 4) is 11.1 Å². The molecule has 1 aliphatic heterocycles. The monoisotopic (exact) mass is 583 g/mol. The zero-order valence-electron chi connectivity index (χ0n) is 27.7. The maximum atomic E-state index is 12.9. The predicted molar refractivity (Wildman–Crippen MR) is 185 cm³/mol. The number of primary amides is 1. The van der Waals surface area contributed by atoms with Crippen LogP contribution in [0.5, 0.6) is 0 Å². The Balaban J connectivity index is -0.000000459. The normalized spacial score (nSPS) is 17.4. The summed E-state index contributed by atoms with van der Waals surface area (Å²) in [5.74, 6) is -0.562. The summed E-state index contributed by atoms with van der Waals surface area (Å²) in [6.45, 7) is 25.9. The van der Waals surface area contributed by atoms with E-state index < -0.39 is 17.6 Å². The van der Waals surface area contributed by atoms with Crippen molar-refractivity contribution in [2.75, 3.05) is 13.7 Å². The summed E-state index contributed by atoms with van der Waals surface area (Å²) >= 11 is 0. The summed E-state index contributed by atoms with van der Waals surface area (Å²) < 4.78 is 5.92. The molecule has 0 saturated carbocycles. The molecule has 2 amide bonds. The average molecular weight is 584 g/mol. The number of carbonyl (C=O) groups excluding carboxylic acids is 2. The number of likely N-dealkylation sites (tertiary alicyclic amines) is 1. The molecule has 1 saturated heterocycles. The zero-order valence-corrected chi connectivity index (χ0v) is 27.7. The van der Waals surface area contributed by atoms with Crippen LogP contribution >= 0.6 is 0 Å². The first-order chi connectivity index (χ1) is 19.9. The van der Waals surface area contributed by atoms with Gasteiger partial charge in [0, 0.05) is 28.5 Å². The molecule has 2 aromatic carbocycles. The van der Waals surface area contributed by atoms with Crippen LogP contribution in [0, 0.1) is 5.41 Å². The Bertz CT molecular complexity index is 1080. The number of nitrogens with zero attached hydrogens (tertiary/aromatic N) is 1. The number of hydrogen-bond acceptors (Lipinski definition) is 4. The second-order valence-corrected chi connectivity index (χ2v) is 10.7. The highest BCUT2D eigenvalue weighted by Gasteiger charge is 2.49. The fraction of sp³-hybridized carbons (Fsp3) is 0.444. The fourth-order valence-corrected chi connectivity index (χ4v) is 4.13. The van der Waals surface area contributed by atoms with Crippen LogP contribution in [0.2, 0.25) is 0 Å². The van der Waals surface area contributed by atoms with E-state index >= 15 is 0 Å². The highest BCUT2D eigenvalue weighted by atomic mass is 16.5. The highest BCUT2D eigenvalue weighted by molar-refractivity contribution is 5.88. The Morgan fingerprint density at radius 1 is 1.02 bits per heavy atom. The van der Waals surface area contributed by atoms with Gasteiger partial charge in [0.05, 0.1) is 6.54 Å². The van der Waals surface area contributed by atoms with Crippen LogP contribution in [0.25, 0.3) is 11.1 Å². The lowest BCUT2D eigenvalue weighted by Gasteiger charge is -2.29. The van der Waals surface area contributed by atoms with E-state index in [1.54, 1.807) is 24.2 Å². The standard InChI is InChI=1S/C24H30N2O3.C5H9N.C3H8.C2H6.C2H4.2H2/c1-23(2,3)15-21(27)26-16-24(29-4,14-20(26)22(25)28)19-12-10-18(11-13-19)17-8-6-5-7-9-17;1-3-5(6)4-2;1-3-2;2*1-2;;/h5-13,20H,14-16H2,1-4H3,(H2,25,28);3-4H,1,6H2,2H3;3H2,1-2H3;1-2H3;1-2H2;2*1H/b;5-4+;;;;;/t20-,24-;;;;;;/m0....../s1. The van der Waals surface area contributed by atoms with Crippen molar-refractivity contribution in [2.24, 2.45) is 16.9 Å². The molecule has 6 nitrogen and oxygen atoms in total. The van der Waals surface area contributed by atoms with Crippen molar-refractivity contribution < 1.29 is 17.2 Å². The third kappa shape index (κ3) is 13.3. The fourth-order valence-electron chi connectivity index (χ4n) is 4.13. The van der Waals surface area contributed by atoms with Gasteiger partial charge in [-0.1, -0.05) is 122 Å². The summed E-state index contributed by atoms with van der Waals surface area (Å²) in [6.07, 6.45) is 5.37. The summed E-state index contributed by atoms with van der Waals surface area (Å²) in [5, 5.41) is 0. The minimum atomic E-state index is -0.748. The van der Waals surface area contributed by atoms with Gasteiger partial charge in [-0.25, -0.2) is 0 Å². The lowest BCUT2D eigenvalue weighted by molar-refractivity contribution is -0.139. The van der Waals surface area contributed by atoms with E-state index in [1.165, 1.54) is 6.42 Å². The molecule has 0 spiro atoms. The molecule has 1 fully saturated rings. The lowest BCUT2D eigenvalue weighted by Crippen LogP contribution is -2.44. The van der Waals surface area contributed by atoms with Crippen molar-refractivity contribution >= 4 is 11.8 Å². The minimum absolute atomic E-state index is 0. The van der Waals surface area contributed by atoms with Crippen molar-refractivity contribution in [1.82, 2.24) is 4.90 Å². The van der Waals surface area contributed by atoms with Gasteiger partial charge in [-0.3, -0.25) is 9.59 Å². The first kappa shape index (κ1) is 40.5. The predicted octanol–water partition coefficient (Wildman–Crippen LogP) is 8.49. The maximum absolute atomic E-state index is 12.9. The molecule has 2 atom stereocenters. The smallest absolute Gasteiger partial charge is 0.240 e. The Morgan fingerprint density at radius 3 is 1.86 bits per heavy atom. The number of amides is 2. The van der Waals surface area contributed by atoms with Crippen LogP contribution < -0.4 is 11.5 Å². The molecule has 0 radical (unpaired) electrons. The van der Waals surface area contributed by atoms with Gasteiger partial charge in [-0.15, -0.1) is 13.2 Å². The Kier molecular flexibility index (Phi) is 20.4. The van der Waals surface area contributed by atoms with Crippen LogP contribution in [0.3, 0.4) is 0 Å². The van der Waals surface area contributed by atoms with E-state index in [0.717, 1.165) is 22.4 Å². The van der Waals surface area contributed by atoms with Gasteiger partial charge in [0.15, 0.2) is 0 Å². The molecule has 1 aliphatic rings. The number of methoxy groups -OCH3 is 1. The first-order valence-electron chi connectivity index (χ1n) is 14.7. The zero-order chi connectivity index (χ0) is 32.9. The molecule has 4 N–H and O–H groups in total. The summed E-state index contributed by atoms with van der Waals surface area (Å²) in [6, 6.07) is 17.6. The van der Waals surface area contributed by atoms with E-state index in [9.17, 15) is 9.59 Å². The Morgan fingerprint density at radius 2 is 1.50 bits per heavy atom. The van der Waals surface area contributed by atoms with E-state index in [2.05, 4.69) is 45.7 Å². The summed E-state index contributed by atoms with van der Waals surface area (Å²) in [5.41, 5.74) is 13.9. The SMILES string of the molecule is C=C.C=C/C(N)=C\C.CC.CCC.CO[C@@]1(c2ccc(-c3ccccc3)cc2)C[C@@H](C(N)=O)N(C(=O)CC(C)(C)C)C1.[HH].[HH]. The van der Waals surface area contributed by atoms with Gasteiger partial charge in [-0.2, -0.15) is 0 Å². The summed E-state index contributed by atoms with van der Waals surface area (Å²) in [4.78, 5) is 26.6. The van der Waals surface area contributed by atoms with Crippen molar-refractivity contribution in [3.63, 3.8) is 0 Å². The van der Waals surface area contributed by atoms with E-state index in [0.29, 0.717) is 19.4 Å². The molecule has 0 aliphatic carbocycles. The number of allylic oxidation sites excluding steroid dienone is 2. The lowest BCUT2D eigenvalue weighted by atomic mass is 9.89. The van der Waals surface area contributed by atoms with Crippen LogP contribution in [0.15, 0.2) is 92.2 Å². The molecule has 1 heterocycles. The third-order valence-corrected chi connectivity index (χ3v) is 6.13. The average Bonchev–Trinajstić information content (AvgIpc) is 3.41. The van der Waals surface area contributed by atoms with E-state index in [-0.39, 0.29) is 14.2 Å².